The maximum atomic E-state index is 10.8. The van der Waals surface area contributed by atoms with Crippen LogP contribution in [0.3, 0.4) is 0 Å². The molecule has 1 aliphatic heterocycles. The largest absolute Gasteiger partial charge is 0.386 e. The van der Waals surface area contributed by atoms with Crippen LogP contribution in [0.15, 0.2) is 18.5 Å². The minimum Gasteiger partial charge on any atom is -0.386 e. The first kappa shape index (κ1) is 14.4. The maximum absolute atomic E-state index is 10.8. The van der Waals surface area contributed by atoms with Crippen molar-refractivity contribution >= 4 is 0 Å². The molecule has 2 rings (SSSR count). The molecule has 1 saturated heterocycles. The fourth-order valence-corrected chi connectivity index (χ4v) is 2.75. The summed E-state index contributed by atoms with van der Waals surface area (Å²) in [5.74, 6) is 0. The molecule has 2 atom stereocenters. The Morgan fingerprint density at radius 2 is 2.11 bits per heavy atom. The highest BCUT2D eigenvalue weighted by Gasteiger charge is 2.39. The molecule has 0 aliphatic carbocycles. The third-order valence-electron chi connectivity index (χ3n) is 4.25. The van der Waals surface area contributed by atoms with Gasteiger partial charge in [-0.15, -0.1) is 0 Å². The zero-order valence-corrected chi connectivity index (χ0v) is 12.1. The van der Waals surface area contributed by atoms with Crippen molar-refractivity contribution in [2.45, 2.75) is 38.8 Å². The molecular weight excluding hydrogens is 240 g/mol. The topological polar surface area (TPSA) is 45.6 Å². The summed E-state index contributed by atoms with van der Waals surface area (Å²) < 4.78 is 5.41. The minimum absolute atomic E-state index is 0.265. The molecule has 4 heteroatoms. The molecule has 1 aliphatic rings. The summed E-state index contributed by atoms with van der Waals surface area (Å²) in [7, 11) is 0. The number of morpholine rings is 1. The maximum Gasteiger partial charge on any atom is 0.0985 e. The monoisotopic (exact) mass is 264 g/mol. The zero-order chi connectivity index (χ0) is 13.9. The molecule has 1 aromatic heterocycles. The number of aliphatic hydroxyl groups excluding tert-OH is 1. The van der Waals surface area contributed by atoms with Crippen LogP contribution in [0.2, 0.25) is 0 Å². The van der Waals surface area contributed by atoms with E-state index in [0.717, 1.165) is 43.9 Å². The lowest BCUT2D eigenvalue weighted by Crippen LogP contribution is -2.54. The van der Waals surface area contributed by atoms with E-state index < -0.39 is 6.10 Å². The van der Waals surface area contributed by atoms with E-state index in [1.165, 1.54) is 0 Å². The highest BCUT2D eigenvalue weighted by atomic mass is 16.5. The second-order valence-electron chi connectivity index (χ2n) is 5.51. The van der Waals surface area contributed by atoms with E-state index in [1.807, 2.05) is 19.2 Å². The summed E-state index contributed by atoms with van der Waals surface area (Å²) in [6.07, 6.45) is 3.95. The van der Waals surface area contributed by atoms with Gasteiger partial charge in [0.05, 0.1) is 19.3 Å². The average molecular weight is 264 g/mol. The van der Waals surface area contributed by atoms with Gasteiger partial charge in [0.15, 0.2) is 0 Å². The molecule has 106 valence electrons. The number of hydrogen-bond acceptors (Lipinski definition) is 4. The van der Waals surface area contributed by atoms with Crippen molar-refractivity contribution in [3.8, 4) is 0 Å². The molecule has 0 aromatic carbocycles. The van der Waals surface area contributed by atoms with Gasteiger partial charge < -0.3 is 9.84 Å². The molecule has 1 N–H and O–H groups in total. The van der Waals surface area contributed by atoms with Gasteiger partial charge in [-0.2, -0.15) is 0 Å². The van der Waals surface area contributed by atoms with E-state index in [0.29, 0.717) is 0 Å². The normalized spacial score (nSPS) is 21.9. The number of hydrogen-bond donors (Lipinski definition) is 1. The zero-order valence-electron chi connectivity index (χ0n) is 12.1. The van der Waals surface area contributed by atoms with Crippen LogP contribution in [0.25, 0.3) is 0 Å². The lowest BCUT2D eigenvalue weighted by atomic mass is 9.85. The van der Waals surface area contributed by atoms with Gasteiger partial charge in [0.1, 0.15) is 0 Å². The molecule has 0 amide bonds. The first-order valence-electron chi connectivity index (χ1n) is 7.00. The van der Waals surface area contributed by atoms with Gasteiger partial charge in [0.2, 0.25) is 0 Å². The molecule has 2 heterocycles. The van der Waals surface area contributed by atoms with Gasteiger partial charge >= 0.3 is 0 Å². The van der Waals surface area contributed by atoms with Crippen LogP contribution in [0.5, 0.6) is 0 Å². The van der Waals surface area contributed by atoms with Gasteiger partial charge in [0, 0.05) is 36.6 Å². The molecule has 0 spiro atoms. The van der Waals surface area contributed by atoms with E-state index >= 15 is 0 Å². The number of aliphatic hydroxyl groups is 1. The second kappa shape index (κ2) is 5.99. The van der Waals surface area contributed by atoms with Crippen molar-refractivity contribution in [1.29, 1.82) is 0 Å². The van der Waals surface area contributed by atoms with E-state index in [4.69, 9.17) is 4.74 Å². The first-order chi connectivity index (χ1) is 9.08. The molecule has 4 nitrogen and oxygen atoms in total. The Kier molecular flexibility index (Phi) is 4.55. The van der Waals surface area contributed by atoms with E-state index in [-0.39, 0.29) is 5.54 Å². The van der Waals surface area contributed by atoms with Crippen molar-refractivity contribution < 1.29 is 9.84 Å². The molecular formula is C15H24N2O2. The Balaban J connectivity index is 2.24. The number of rotatable bonds is 4. The summed E-state index contributed by atoms with van der Waals surface area (Å²) >= 11 is 0. The Morgan fingerprint density at radius 3 is 2.68 bits per heavy atom. The van der Waals surface area contributed by atoms with Crippen LogP contribution in [0.4, 0.5) is 0 Å². The molecule has 1 fully saturated rings. The molecule has 0 saturated carbocycles. The van der Waals surface area contributed by atoms with Gasteiger partial charge in [-0.1, -0.05) is 13.0 Å². The molecule has 2 unspecified atom stereocenters. The average Bonchev–Trinajstić information content (AvgIpc) is 2.46. The van der Waals surface area contributed by atoms with E-state index in [9.17, 15) is 5.11 Å². The Labute approximate surface area is 115 Å². The fourth-order valence-electron chi connectivity index (χ4n) is 2.75. The lowest BCUT2D eigenvalue weighted by Gasteiger charge is -2.45. The van der Waals surface area contributed by atoms with Crippen LogP contribution in [-0.2, 0) is 4.74 Å². The quantitative estimate of drug-likeness (QED) is 0.902. The van der Waals surface area contributed by atoms with Crippen LogP contribution >= 0.6 is 0 Å². The Bertz CT molecular complexity index is 418. The highest BCUT2D eigenvalue weighted by Crippen LogP contribution is 2.34. The van der Waals surface area contributed by atoms with Gasteiger partial charge in [-0.25, -0.2) is 0 Å². The number of ether oxygens (including phenoxy) is 1. The van der Waals surface area contributed by atoms with Gasteiger partial charge in [-0.3, -0.25) is 9.88 Å². The summed E-state index contributed by atoms with van der Waals surface area (Å²) in [4.78, 5) is 6.53. The summed E-state index contributed by atoms with van der Waals surface area (Å²) in [6, 6.07) is 2.02. The van der Waals surface area contributed by atoms with Crippen molar-refractivity contribution in [3.63, 3.8) is 0 Å². The van der Waals surface area contributed by atoms with E-state index in [1.54, 1.807) is 6.20 Å². The van der Waals surface area contributed by atoms with Crippen LogP contribution in [0, 0.1) is 6.92 Å². The number of aryl methyl sites for hydroxylation is 1. The number of aromatic nitrogens is 1. The second-order valence-corrected chi connectivity index (χ2v) is 5.51. The number of nitrogens with zero attached hydrogens (tertiary/aromatic N) is 2. The van der Waals surface area contributed by atoms with Crippen molar-refractivity contribution in [2.75, 3.05) is 26.3 Å². The third kappa shape index (κ3) is 2.96. The smallest absolute Gasteiger partial charge is 0.0985 e. The predicted molar refractivity (Wildman–Crippen MR) is 75.0 cm³/mol. The van der Waals surface area contributed by atoms with Gasteiger partial charge in [-0.05, 0) is 25.8 Å². The van der Waals surface area contributed by atoms with Crippen LogP contribution in [-0.4, -0.2) is 46.8 Å². The van der Waals surface area contributed by atoms with Crippen molar-refractivity contribution in [1.82, 2.24) is 9.88 Å². The van der Waals surface area contributed by atoms with Gasteiger partial charge in [0.25, 0.3) is 0 Å². The SMILES string of the molecule is CCC(C)(C(O)c1cncc(C)c1)N1CCOCC1. The Hall–Kier alpha value is -0.970. The van der Waals surface area contributed by atoms with Crippen LogP contribution < -0.4 is 0 Å². The predicted octanol–water partition coefficient (Wildman–Crippen LogP) is 1.92. The standard InChI is InChI=1S/C15H24N2O2/c1-4-15(3,17-5-7-19-8-6-17)14(18)13-9-12(2)10-16-11-13/h9-11,14,18H,4-8H2,1-3H3. The summed E-state index contributed by atoms with van der Waals surface area (Å²) in [5, 5.41) is 10.8. The molecule has 0 radical (unpaired) electrons. The summed E-state index contributed by atoms with van der Waals surface area (Å²) in [5.41, 5.74) is 1.71. The summed E-state index contributed by atoms with van der Waals surface area (Å²) in [6.45, 7) is 9.50. The molecule has 1 aromatic rings. The Morgan fingerprint density at radius 1 is 1.42 bits per heavy atom. The number of pyridine rings is 1. The van der Waals surface area contributed by atoms with Crippen molar-refractivity contribution in [2.24, 2.45) is 0 Å². The highest BCUT2D eigenvalue weighted by molar-refractivity contribution is 5.22. The molecule has 19 heavy (non-hydrogen) atoms. The van der Waals surface area contributed by atoms with E-state index in [2.05, 4.69) is 23.7 Å². The fraction of sp³-hybridized carbons (Fsp3) is 0.667. The third-order valence-corrected chi connectivity index (χ3v) is 4.25. The minimum atomic E-state index is -0.525. The first-order valence-corrected chi connectivity index (χ1v) is 7.00. The lowest BCUT2D eigenvalue weighted by molar-refractivity contribution is -0.0735. The molecule has 0 bridgehead atoms. The van der Waals surface area contributed by atoms with Crippen molar-refractivity contribution in [3.05, 3.63) is 29.6 Å². The van der Waals surface area contributed by atoms with Crippen LogP contribution in [0.1, 0.15) is 37.5 Å².